The summed E-state index contributed by atoms with van der Waals surface area (Å²) in [6, 6.07) is 2.39. The maximum Gasteiger partial charge on any atom is 0.243 e. The summed E-state index contributed by atoms with van der Waals surface area (Å²) in [6.07, 6.45) is 0.335. The summed E-state index contributed by atoms with van der Waals surface area (Å²) in [5, 5.41) is 0. The number of benzene rings is 1. The van der Waals surface area contributed by atoms with Crippen molar-refractivity contribution in [3.05, 3.63) is 29.8 Å². The molecule has 1 heterocycles. The standard InChI is InChI=1S/C13H18F2N2O4S2/c1-2-22(18,19)16-6-3-7-17(9-8-16)23(20,21)11-4-5-12(14)13(15)10-11/h4-5,10H,2-3,6-9H2,1H3. The Hall–Kier alpha value is -1.10. The van der Waals surface area contributed by atoms with E-state index in [9.17, 15) is 25.6 Å². The molecule has 0 saturated carbocycles. The van der Waals surface area contributed by atoms with Crippen LogP contribution in [0.1, 0.15) is 13.3 Å². The highest BCUT2D eigenvalue weighted by molar-refractivity contribution is 7.89. The molecule has 1 aliphatic rings. The summed E-state index contributed by atoms with van der Waals surface area (Å²) in [5.74, 6) is -2.42. The summed E-state index contributed by atoms with van der Waals surface area (Å²) in [7, 11) is -7.38. The molecular weight excluding hydrogens is 350 g/mol. The van der Waals surface area contributed by atoms with Crippen molar-refractivity contribution in [2.75, 3.05) is 31.9 Å². The van der Waals surface area contributed by atoms with Crippen LogP contribution in [0.5, 0.6) is 0 Å². The minimum Gasteiger partial charge on any atom is -0.212 e. The zero-order valence-electron chi connectivity index (χ0n) is 12.6. The van der Waals surface area contributed by atoms with Crippen molar-refractivity contribution in [1.82, 2.24) is 8.61 Å². The Labute approximate surface area is 134 Å². The second-order valence-corrected chi connectivity index (χ2v) is 9.33. The first-order valence-corrected chi connectivity index (χ1v) is 10.2. The molecule has 0 aliphatic carbocycles. The van der Waals surface area contributed by atoms with Gasteiger partial charge in [0, 0.05) is 26.2 Å². The first kappa shape index (κ1) is 18.2. The van der Waals surface area contributed by atoms with Crippen molar-refractivity contribution < 1.29 is 25.6 Å². The van der Waals surface area contributed by atoms with Gasteiger partial charge < -0.3 is 0 Å². The number of halogens is 2. The van der Waals surface area contributed by atoms with Crippen LogP contribution < -0.4 is 0 Å². The maximum atomic E-state index is 13.3. The number of hydrogen-bond donors (Lipinski definition) is 0. The van der Waals surface area contributed by atoms with Crippen LogP contribution in [0.15, 0.2) is 23.1 Å². The van der Waals surface area contributed by atoms with Gasteiger partial charge in [0.25, 0.3) is 0 Å². The molecule has 0 unspecified atom stereocenters. The fourth-order valence-corrected chi connectivity index (χ4v) is 4.97. The maximum absolute atomic E-state index is 13.3. The third kappa shape index (κ3) is 3.87. The van der Waals surface area contributed by atoms with Crippen LogP contribution in [0.3, 0.4) is 0 Å². The summed E-state index contributed by atoms with van der Waals surface area (Å²) in [5.41, 5.74) is 0. The fourth-order valence-electron chi connectivity index (χ4n) is 2.36. The van der Waals surface area contributed by atoms with Crippen LogP contribution in [0.25, 0.3) is 0 Å². The highest BCUT2D eigenvalue weighted by atomic mass is 32.2. The predicted octanol–water partition coefficient (Wildman–Crippen LogP) is 1.01. The average molecular weight is 368 g/mol. The van der Waals surface area contributed by atoms with Gasteiger partial charge in [-0.3, -0.25) is 0 Å². The van der Waals surface area contributed by atoms with Crippen molar-refractivity contribution in [3.8, 4) is 0 Å². The molecule has 0 N–H and O–H groups in total. The molecule has 0 spiro atoms. The first-order chi connectivity index (χ1) is 10.7. The SMILES string of the molecule is CCS(=O)(=O)N1CCCN(S(=O)(=O)c2ccc(F)c(F)c2)CC1. The van der Waals surface area contributed by atoms with E-state index in [0.717, 1.165) is 16.4 Å². The monoisotopic (exact) mass is 368 g/mol. The number of nitrogens with zero attached hydrogens (tertiary/aromatic N) is 2. The van der Waals surface area contributed by atoms with Crippen LogP contribution in [0.4, 0.5) is 8.78 Å². The van der Waals surface area contributed by atoms with Gasteiger partial charge in [0.1, 0.15) is 0 Å². The van der Waals surface area contributed by atoms with E-state index in [2.05, 4.69) is 0 Å². The van der Waals surface area contributed by atoms with Crippen LogP contribution in [-0.4, -0.2) is 57.4 Å². The zero-order valence-corrected chi connectivity index (χ0v) is 14.2. The Kier molecular flexibility index (Phi) is 5.39. The molecule has 0 bridgehead atoms. The lowest BCUT2D eigenvalue weighted by Crippen LogP contribution is -2.38. The van der Waals surface area contributed by atoms with Crippen molar-refractivity contribution >= 4 is 20.0 Å². The van der Waals surface area contributed by atoms with Gasteiger partial charge in [0.05, 0.1) is 10.6 Å². The van der Waals surface area contributed by atoms with Crippen molar-refractivity contribution in [2.24, 2.45) is 0 Å². The number of sulfonamides is 2. The third-order valence-corrected chi connectivity index (χ3v) is 7.48. The summed E-state index contributed by atoms with van der Waals surface area (Å²) < 4.78 is 77.4. The topological polar surface area (TPSA) is 74.8 Å². The fraction of sp³-hybridized carbons (Fsp3) is 0.538. The zero-order chi connectivity index (χ0) is 17.3. The molecule has 1 aliphatic heterocycles. The molecular formula is C13H18F2N2O4S2. The van der Waals surface area contributed by atoms with E-state index >= 15 is 0 Å². The minimum atomic E-state index is -4.00. The lowest BCUT2D eigenvalue weighted by Gasteiger charge is -2.21. The van der Waals surface area contributed by atoms with E-state index < -0.39 is 31.7 Å². The summed E-state index contributed by atoms with van der Waals surface area (Å²) in [6.45, 7) is 1.90. The van der Waals surface area contributed by atoms with Crippen LogP contribution in [0, 0.1) is 11.6 Å². The number of hydrogen-bond acceptors (Lipinski definition) is 4. The molecule has 2 rings (SSSR count). The molecule has 0 radical (unpaired) electrons. The Morgan fingerprint density at radius 1 is 0.957 bits per heavy atom. The minimum absolute atomic E-state index is 0.0272. The second kappa shape index (κ2) is 6.80. The van der Waals surface area contributed by atoms with E-state index in [1.165, 1.54) is 11.2 Å². The van der Waals surface area contributed by atoms with E-state index in [0.29, 0.717) is 12.5 Å². The Bertz CT molecular complexity index is 781. The predicted molar refractivity (Wildman–Crippen MR) is 80.8 cm³/mol. The van der Waals surface area contributed by atoms with Gasteiger partial charge in [-0.15, -0.1) is 0 Å². The molecule has 10 heteroatoms. The Balaban J connectivity index is 2.23. The van der Waals surface area contributed by atoms with Crippen LogP contribution >= 0.6 is 0 Å². The highest BCUT2D eigenvalue weighted by Crippen LogP contribution is 2.20. The molecule has 1 aromatic carbocycles. The highest BCUT2D eigenvalue weighted by Gasteiger charge is 2.30. The van der Waals surface area contributed by atoms with E-state index in [1.807, 2.05) is 0 Å². The molecule has 1 saturated heterocycles. The van der Waals surface area contributed by atoms with Crippen LogP contribution in [0.2, 0.25) is 0 Å². The Morgan fingerprint density at radius 3 is 2.17 bits per heavy atom. The van der Waals surface area contributed by atoms with Crippen molar-refractivity contribution in [3.63, 3.8) is 0 Å². The molecule has 23 heavy (non-hydrogen) atoms. The summed E-state index contributed by atoms with van der Waals surface area (Å²) >= 11 is 0. The average Bonchev–Trinajstić information content (AvgIpc) is 2.76. The molecule has 0 aromatic heterocycles. The Morgan fingerprint density at radius 2 is 1.57 bits per heavy atom. The van der Waals surface area contributed by atoms with Gasteiger partial charge in [-0.25, -0.2) is 29.9 Å². The van der Waals surface area contributed by atoms with Crippen molar-refractivity contribution in [2.45, 2.75) is 18.2 Å². The molecule has 1 aromatic rings. The molecule has 130 valence electrons. The lowest BCUT2D eigenvalue weighted by molar-refractivity contribution is 0.404. The second-order valence-electron chi connectivity index (χ2n) is 5.13. The van der Waals surface area contributed by atoms with Gasteiger partial charge in [-0.1, -0.05) is 0 Å². The third-order valence-electron chi connectivity index (χ3n) is 3.70. The molecule has 6 nitrogen and oxygen atoms in total. The quantitative estimate of drug-likeness (QED) is 0.795. The van der Waals surface area contributed by atoms with Gasteiger partial charge in [0.15, 0.2) is 11.6 Å². The van der Waals surface area contributed by atoms with Gasteiger partial charge >= 0.3 is 0 Å². The van der Waals surface area contributed by atoms with E-state index in [4.69, 9.17) is 0 Å². The largest absolute Gasteiger partial charge is 0.243 e. The van der Waals surface area contributed by atoms with Gasteiger partial charge in [0.2, 0.25) is 20.0 Å². The lowest BCUT2D eigenvalue weighted by atomic mass is 10.3. The van der Waals surface area contributed by atoms with Crippen molar-refractivity contribution in [1.29, 1.82) is 0 Å². The van der Waals surface area contributed by atoms with Gasteiger partial charge in [-0.05, 0) is 31.5 Å². The smallest absolute Gasteiger partial charge is 0.212 e. The van der Waals surface area contributed by atoms with Crippen LogP contribution in [-0.2, 0) is 20.0 Å². The van der Waals surface area contributed by atoms with E-state index in [-0.39, 0.29) is 36.8 Å². The molecule has 1 fully saturated rings. The number of rotatable bonds is 4. The summed E-state index contributed by atoms with van der Waals surface area (Å²) in [4.78, 5) is -0.344. The first-order valence-electron chi connectivity index (χ1n) is 7.11. The van der Waals surface area contributed by atoms with Gasteiger partial charge in [-0.2, -0.15) is 4.31 Å². The van der Waals surface area contributed by atoms with E-state index in [1.54, 1.807) is 0 Å². The molecule has 0 amide bonds. The molecule has 0 atom stereocenters. The normalized spacial score (nSPS) is 18.7.